The smallest absolute Gasteiger partial charge is 0.320 e. The SMILES string of the molecule is Cc1ccc(NC(=O)NC(C)CC#N)s1. The second-order valence-corrected chi connectivity index (χ2v) is 4.56. The average Bonchev–Trinajstić information content (AvgIpc) is 2.51. The first-order chi connectivity index (χ1) is 7.11. The maximum absolute atomic E-state index is 11.4. The molecule has 0 aliphatic carbocycles. The van der Waals surface area contributed by atoms with Crippen molar-refractivity contribution in [1.82, 2.24) is 5.32 Å². The molecule has 0 radical (unpaired) electrons. The van der Waals surface area contributed by atoms with Gasteiger partial charge in [0.05, 0.1) is 17.5 Å². The van der Waals surface area contributed by atoms with Gasteiger partial charge in [-0.2, -0.15) is 5.26 Å². The molecule has 1 rings (SSSR count). The summed E-state index contributed by atoms with van der Waals surface area (Å²) in [7, 11) is 0. The fourth-order valence-corrected chi connectivity index (χ4v) is 1.82. The van der Waals surface area contributed by atoms with Crippen LogP contribution in [0.15, 0.2) is 12.1 Å². The monoisotopic (exact) mass is 223 g/mol. The number of anilines is 1. The summed E-state index contributed by atoms with van der Waals surface area (Å²) in [6, 6.07) is 5.41. The lowest BCUT2D eigenvalue weighted by atomic mass is 10.3. The predicted molar refractivity (Wildman–Crippen MR) is 60.9 cm³/mol. The molecule has 1 heterocycles. The molecule has 2 amide bonds. The molecular weight excluding hydrogens is 210 g/mol. The third-order valence-electron chi connectivity index (χ3n) is 1.75. The van der Waals surface area contributed by atoms with E-state index in [1.165, 1.54) is 11.3 Å². The molecule has 1 atom stereocenters. The van der Waals surface area contributed by atoms with E-state index in [1.807, 2.05) is 25.1 Å². The molecule has 0 aromatic carbocycles. The van der Waals surface area contributed by atoms with Crippen LogP contribution in [0.2, 0.25) is 0 Å². The number of carbonyl (C=O) groups excluding carboxylic acids is 1. The topological polar surface area (TPSA) is 64.9 Å². The molecule has 0 aliphatic rings. The minimum Gasteiger partial charge on any atom is -0.334 e. The van der Waals surface area contributed by atoms with Gasteiger partial charge in [0.15, 0.2) is 0 Å². The van der Waals surface area contributed by atoms with Gasteiger partial charge >= 0.3 is 6.03 Å². The Morgan fingerprint density at radius 1 is 1.67 bits per heavy atom. The molecule has 5 heteroatoms. The lowest BCUT2D eigenvalue weighted by Gasteiger charge is -2.10. The molecule has 4 nitrogen and oxygen atoms in total. The maximum atomic E-state index is 11.4. The number of rotatable bonds is 3. The van der Waals surface area contributed by atoms with E-state index >= 15 is 0 Å². The van der Waals surface area contributed by atoms with Gasteiger partial charge in [-0.1, -0.05) is 0 Å². The summed E-state index contributed by atoms with van der Waals surface area (Å²) in [6.07, 6.45) is 0.316. The largest absolute Gasteiger partial charge is 0.334 e. The van der Waals surface area contributed by atoms with Gasteiger partial charge in [0, 0.05) is 10.9 Å². The van der Waals surface area contributed by atoms with Crippen LogP contribution in [0.25, 0.3) is 0 Å². The van der Waals surface area contributed by atoms with Gasteiger partial charge in [0.25, 0.3) is 0 Å². The van der Waals surface area contributed by atoms with Gasteiger partial charge in [-0.3, -0.25) is 5.32 Å². The summed E-state index contributed by atoms with van der Waals surface area (Å²) < 4.78 is 0. The van der Waals surface area contributed by atoms with Crippen LogP contribution in [0.5, 0.6) is 0 Å². The Kier molecular flexibility index (Phi) is 4.13. The van der Waals surface area contributed by atoms with E-state index in [1.54, 1.807) is 6.92 Å². The summed E-state index contributed by atoms with van der Waals surface area (Å²) >= 11 is 1.52. The highest BCUT2D eigenvalue weighted by Gasteiger charge is 2.07. The molecule has 1 aromatic rings. The van der Waals surface area contributed by atoms with Crippen molar-refractivity contribution < 1.29 is 4.79 Å². The van der Waals surface area contributed by atoms with Crippen LogP contribution in [0, 0.1) is 18.3 Å². The first-order valence-electron chi connectivity index (χ1n) is 4.62. The van der Waals surface area contributed by atoms with Crippen LogP contribution in [-0.2, 0) is 0 Å². The number of urea groups is 1. The molecule has 0 saturated heterocycles. The highest BCUT2D eigenvalue weighted by molar-refractivity contribution is 7.16. The average molecular weight is 223 g/mol. The van der Waals surface area contributed by atoms with E-state index in [0.29, 0.717) is 6.42 Å². The highest BCUT2D eigenvalue weighted by Crippen LogP contribution is 2.20. The van der Waals surface area contributed by atoms with Crippen LogP contribution >= 0.6 is 11.3 Å². The summed E-state index contributed by atoms with van der Waals surface area (Å²) in [5, 5.41) is 14.6. The molecular formula is C10H13N3OS. The van der Waals surface area contributed by atoms with Crippen molar-refractivity contribution in [2.45, 2.75) is 26.3 Å². The summed E-state index contributed by atoms with van der Waals surface area (Å²) in [4.78, 5) is 12.5. The minimum atomic E-state index is -0.264. The van der Waals surface area contributed by atoms with Gasteiger partial charge in [0.1, 0.15) is 0 Å². The van der Waals surface area contributed by atoms with E-state index < -0.39 is 0 Å². The van der Waals surface area contributed by atoms with Crippen molar-refractivity contribution in [3.63, 3.8) is 0 Å². The van der Waals surface area contributed by atoms with Crippen molar-refractivity contribution in [2.75, 3.05) is 5.32 Å². The van der Waals surface area contributed by atoms with Crippen LogP contribution < -0.4 is 10.6 Å². The lowest BCUT2D eigenvalue weighted by molar-refractivity contribution is 0.249. The van der Waals surface area contributed by atoms with Crippen LogP contribution in [0.4, 0.5) is 9.80 Å². The first-order valence-corrected chi connectivity index (χ1v) is 5.44. The second kappa shape index (κ2) is 5.37. The lowest BCUT2D eigenvalue weighted by Crippen LogP contribution is -2.35. The Balaban J connectivity index is 2.40. The number of nitriles is 1. The van der Waals surface area contributed by atoms with E-state index in [2.05, 4.69) is 10.6 Å². The second-order valence-electron chi connectivity index (χ2n) is 3.27. The predicted octanol–water partition coefficient (Wildman–Crippen LogP) is 2.48. The van der Waals surface area contributed by atoms with Gasteiger partial charge < -0.3 is 5.32 Å². The first kappa shape index (κ1) is 11.5. The Labute approximate surface area is 92.9 Å². The van der Waals surface area contributed by atoms with Crippen molar-refractivity contribution in [3.8, 4) is 6.07 Å². The normalized spacial score (nSPS) is 11.5. The number of hydrogen-bond donors (Lipinski definition) is 2. The number of nitrogens with one attached hydrogen (secondary N) is 2. The third-order valence-corrected chi connectivity index (χ3v) is 2.67. The molecule has 80 valence electrons. The van der Waals surface area contributed by atoms with Crippen LogP contribution in [-0.4, -0.2) is 12.1 Å². The fourth-order valence-electron chi connectivity index (χ4n) is 1.06. The molecule has 0 fully saturated rings. The number of amides is 2. The summed E-state index contributed by atoms with van der Waals surface area (Å²) in [5.41, 5.74) is 0. The molecule has 0 spiro atoms. The van der Waals surface area contributed by atoms with Crippen molar-refractivity contribution in [2.24, 2.45) is 0 Å². The van der Waals surface area contributed by atoms with Crippen molar-refractivity contribution >= 4 is 22.4 Å². The Morgan fingerprint density at radius 2 is 2.40 bits per heavy atom. The molecule has 2 N–H and O–H groups in total. The van der Waals surface area contributed by atoms with Crippen LogP contribution in [0.1, 0.15) is 18.2 Å². The quantitative estimate of drug-likeness (QED) is 0.826. The molecule has 0 saturated carbocycles. The molecule has 1 aromatic heterocycles. The zero-order chi connectivity index (χ0) is 11.3. The van der Waals surface area contributed by atoms with Gasteiger partial charge in [-0.15, -0.1) is 11.3 Å². The van der Waals surface area contributed by atoms with Gasteiger partial charge in [-0.05, 0) is 26.0 Å². The van der Waals surface area contributed by atoms with Gasteiger partial charge in [0.2, 0.25) is 0 Å². The number of nitrogens with zero attached hydrogens (tertiary/aromatic N) is 1. The Hall–Kier alpha value is -1.54. The molecule has 1 unspecified atom stereocenters. The molecule has 0 aliphatic heterocycles. The fraction of sp³-hybridized carbons (Fsp3) is 0.400. The molecule has 15 heavy (non-hydrogen) atoms. The van der Waals surface area contributed by atoms with Crippen molar-refractivity contribution in [1.29, 1.82) is 5.26 Å². The van der Waals surface area contributed by atoms with E-state index in [-0.39, 0.29) is 12.1 Å². The Morgan fingerprint density at radius 3 is 2.93 bits per heavy atom. The third kappa shape index (κ3) is 4.00. The highest BCUT2D eigenvalue weighted by atomic mass is 32.1. The molecule has 0 bridgehead atoms. The maximum Gasteiger partial charge on any atom is 0.320 e. The zero-order valence-electron chi connectivity index (χ0n) is 8.70. The van der Waals surface area contributed by atoms with E-state index in [9.17, 15) is 4.79 Å². The number of thiophene rings is 1. The zero-order valence-corrected chi connectivity index (χ0v) is 9.52. The van der Waals surface area contributed by atoms with Gasteiger partial charge in [-0.25, -0.2) is 4.79 Å². The van der Waals surface area contributed by atoms with Crippen molar-refractivity contribution in [3.05, 3.63) is 17.0 Å². The number of carbonyl (C=O) groups is 1. The summed E-state index contributed by atoms with van der Waals surface area (Å²) in [6.45, 7) is 3.77. The Bertz CT molecular complexity index is 380. The standard InChI is InChI=1S/C10H13N3OS/c1-7(5-6-11)12-10(14)13-9-4-3-8(2)15-9/h3-4,7H,5H2,1-2H3,(H2,12,13,14). The van der Waals surface area contributed by atoms with E-state index in [0.717, 1.165) is 9.88 Å². The number of hydrogen-bond acceptors (Lipinski definition) is 3. The van der Waals surface area contributed by atoms with Crippen LogP contribution in [0.3, 0.4) is 0 Å². The number of aryl methyl sites for hydroxylation is 1. The summed E-state index contributed by atoms with van der Waals surface area (Å²) in [5.74, 6) is 0. The van der Waals surface area contributed by atoms with E-state index in [4.69, 9.17) is 5.26 Å². The minimum absolute atomic E-state index is 0.129.